The Labute approximate surface area is 127 Å². The van der Waals surface area contributed by atoms with E-state index in [1.165, 1.54) is 0 Å². The van der Waals surface area contributed by atoms with E-state index in [9.17, 15) is 8.42 Å². The van der Waals surface area contributed by atoms with E-state index in [1.54, 1.807) is 12.1 Å². The smallest absolute Gasteiger partial charge is 0.242 e. The molecule has 0 aliphatic heterocycles. The summed E-state index contributed by atoms with van der Waals surface area (Å²) in [6, 6.07) is 7.24. The second-order valence-corrected chi connectivity index (χ2v) is 7.51. The maximum Gasteiger partial charge on any atom is 0.242 e. The van der Waals surface area contributed by atoms with Gasteiger partial charge in [0.25, 0.3) is 0 Å². The average Bonchev–Trinajstić information content (AvgIpc) is 3.21. The van der Waals surface area contributed by atoms with Crippen LogP contribution in [0.25, 0.3) is 0 Å². The molecule has 0 saturated heterocycles. The van der Waals surface area contributed by atoms with E-state index in [0.29, 0.717) is 10.6 Å². The van der Waals surface area contributed by atoms with E-state index in [0.717, 1.165) is 38.8 Å². The third-order valence-corrected chi connectivity index (χ3v) is 5.00. The molecule has 0 aromatic heterocycles. The number of hydrogen-bond donors (Lipinski definition) is 2. The Kier molecular flexibility index (Phi) is 5.61. The average molecular weight is 311 g/mol. The van der Waals surface area contributed by atoms with E-state index in [-0.39, 0.29) is 6.04 Å². The Bertz CT molecular complexity index is 554. The van der Waals surface area contributed by atoms with Gasteiger partial charge in [-0.1, -0.05) is 12.1 Å². The zero-order chi connectivity index (χ0) is 15.3. The summed E-state index contributed by atoms with van der Waals surface area (Å²) >= 11 is 0. The molecule has 1 fully saturated rings. The van der Waals surface area contributed by atoms with Gasteiger partial charge in [0.15, 0.2) is 0 Å². The third kappa shape index (κ3) is 5.30. The van der Waals surface area contributed by atoms with Crippen LogP contribution in [0.3, 0.4) is 0 Å². The van der Waals surface area contributed by atoms with E-state index < -0.39 is 10.0 Å². The van der Waals surface area contributed by atoms with Gasteiger partial charge in [-0.05, 0) is 58.5 Å². The van der Waals surface area contributed by atoms with E-state index >= 15 is 0 Å². The second-order valence-electron chi connectivity index (χ2n) is 5.83. The maximum absolute atomic E-state index is 12.3. The van der Waals surface area contributed by atoms with Crippen LogP contribution in [0, 0.1) is 0 Å². The molecule has 2 N–H and O–H groups in total. The molecule has 0 spiro atoms. The Morgan fingerprint density at radius 1 is 1.19 bits per heavy atom. The Morgan fingerprint density at radius 3 is 2.57 bits per heavy atom. The first-order chi connectivity index (χ1) is 9.99. The monoisotopic (exact) mass is 311 g/mol. The zero-order valence-electron chi connectivity index (χ0n) is 12.8. The molecular formula is C15H25N3O2S. The lowest BCUT2D eigenvalue weighted by atomic mass is 10.2. The van der Waals surface area contributed by atoms with Crippen molar-refractivity contribution in [1.29, 1.82) is 0 Å². The van der Waals surface area contributed by atoms with Crippen molar-refractivity contribution >= 4 is 15.7 Å². The molecular weight excluding hydrogens is 286 g/mol. The van der Waals surface area contributed by atoms with Crippen LogP contribution in [0.5, 0.6) is 0 Å². The van der Waals surface area contributed by atoms with Gasteiger partial charge < -0.3 is 10.2 Å². The molecule has 0 unspecified atom stereocenters. The van der Waals surface area contributed by atoms with Gasteiger partial charge in [0.05, 0.1) is 5.69 Å². The largest absolute Gasteiger partial charge is 0.384 e. The van der Waals surface area contributed by atoms with Crippen molar-refractivity contribution in [1.82, 2.24) is 9.62 Å². The highest BCUT2D eigenvalue weighted by Crippen LogP contribution is 2.25. The molecule has 1 saturated carbocycles. The van der Waals surface area contributed by atoms with Crippen molar-refractivity contribution in [3.63, 3.8) is 0 Å². The number of unbranched alkanes of at least 4 members (excludes halogenated alkanes) is 1. The summed E-state index contributed by atoms with van der Waals surface area (Å²) in [5.41, 5.74) is 0.690. The normalized spacial score (nSPS) is 15.4. The van der Waals surface area contributed by atoms with Crippen molar-refractivity contribution in [2.45, 2.75) is 36.6 Å². The van der Waals surface area contributed by atoms with Crippen molar-refractivity contribution in [2.24, 2.45) is 0 Å². The number of benzene rings is 1. The van der Waals surface area contributed by atoms with E-state index in [2.05, 4.69) is 29.0 Å². The van der Waals surface area contributed by atoms with Crippen molar-refractivity contribution in [2.75, 3.05) is 32.5 Å². The number of sulfonamides is 1. The second kappa shape index (κ2) is 7.24. The van der Waals surface area contributed by atoms with Gasteiger partial charge in [0.2, 0.25) is 10.0 Å². The lowest BCUT2D eigenvalue weighted by Gasteiger charge is -2.13. The van der Waals surface area contributed by atoms with E-state index in [4.69, 9.17) is 0 Å². The zero-order valence-corrected chi connectivity index (χ0v) is 13.6. The summed E-state index contributed by atoms with van der Waals surface area (Å²) in [6.45, 7) is 1.83. The molecule has 21 heavy (non-hydrogen) atoms. The van der Waals surface area contributed by atoms with Crippen LogP contribution in [0.4, 0.5) is 5.69 Å². The van der Waals surface area contributed by atoms with Crippen LogP contribution in [0.15, 0.2) is 29.2 Å². The molecule has 1 aromatic rings. The Balaban J connectivity index is 1.93. The van der Waals surface area contributed by atoms with Crippen molar-refractivity contribution in [3.05, 3.63) is 24.3 Å². The Hall–Kier alpha value is -1.11. The molecule has 118 valence electrons. The minimum Gasteiger partial charge on any atom is -0.384 e. The molecule has 0 radical (unpaired) electrons. The van der Waals surface area contributed by atoms with Crippen LogP contribution >= 0.6 is 0 Å². The van der Waals surface area contributed by atoms with Crippen LogP contribution in [0.2, 0.25) is 0 Å². The number of hydrogen-bond acceptors (Lipinski definition) is 4. The lowest BCUT2D eigenvalue weighted by Crippen LogP contribution is -2.26. The summed E-state index contributed by atoms with van der Waals surface area (Å²) in [7, 11) is 0.704. The number of para-hydroxylation sites is 1. The Morgan fingerprint density at radius 2 is 1.90 bits per heavy atom. The van der Waals surface area contributed by atoms with Crippen LogP contribution < -0.4 is 10.0 Å². The molecule has 1 aliphatic rings. The fraction of sp³-hybridized carbons (Fsp3) is 0.600. The van der Waals surface area contributed by atoms with Gasteiger partial charge in [0.1, 0.15) is 4.90 Å². The van der Waals surface area contributed by atoms with Gasteiger partial charge in [-0.3, -0.25) is 0 Å². The highest BCUT2D eigenvalue weighted by Gasteiger charge is 2.29. The number of anilines is 1. The molecule has 2 rings (SSSR count). The first kappa shape index (κ1) is 16.3. The molecule has 6 heteroatoms. The molecule has 0 bridgehead atoms. The minimum absolute atomic E-state index is 0.128. The predicted octanol–water partition coefficient (Wildman–Crippen LogP) is 1.88. The summed E-state index contributed by atoms with van der Waals surface area (Å²) in [4.78, 5) is 2.50. The van der Waals surface area contributed by atoms with Gasteiger partial charge in [-0.15, -0.1) is 0 Å². The molecule has 5 nitrogen and oxygen atoms in total. The third-order valence-electron chi connectivity index (χ3n) is 3.42. The number of nitrogens with zero attached hydrogens (tertiary/aromatic N) is 1. The SMILES string of the molecule is CN(C)CCCCNc1ccccc1S(=O)(=O)NC1CC1. The first-order valence-corrected chi connectivity index (χ1v) is 8.97. The van der Waals surface area contributed by atoms with Gasteiger partial charge in [-0.2, -0.15) is 0 Å². The molecule has 1 aliphatic carbocycles. The predicted molar refractivity (Wildman–Crippen MR) is 86.1 cm³/mol. The summed E-state index contributed by atoms with van der Waals surface area (Å²) in [5.74, 6) is 0. The quantitative estimate of drug-likeness (QED) is 0.684. The molecule has 0 amide bonds. The van der Waals surface area contributed by atoms with Crippen LogP contribution in [-0.4, -0.2) is 46.5 Å². The number of nitrogens with one attached hydrogen (secondary N) is 2. The maximum atomic E-state index is 12.3. The van der Waals surface area contributed by atoms with Gasteiger partial charge in [-0.25, -0.2) is 13.1 Å². The van der Waals surface area contributed by atoms with E-state index in [1.807, 2.05) is 12.1 Å². The lowest BCUT2D eigenvalue weighted by molar-refractivity contribution is 0.396. The summed E-state index contributed by atoms with van der Waals surface area (Å²) in [6.07, 6.45) is 4.00. The fourth-order valence-electron chi connectivity index (χ4n) is 2.11. The highest BCUT2D eigenvalue weighted by molar-refractivity contribution is 7.89. The topological polar surface area (TPSA) is 61.4 Å². The number of rotatable bonds is 9. The fourth-order valence-corrected chi connectivity index (χ4v) is 3.60. The highest BCUT2D eigenvalue weighted by atomic mass is 32.2. The van der Waals surface area contributed by atoms with Crippen LogP contribution in [-0.2, 0) is 10.0 Å². The van der Waals surface area contributed by atoms with Crippen LogP contribution in [0.1, 0.15) is 25.7 Å². The van der Waals surface area contributed by atoms with Gasteiger partial charge >= 0.3 is 0 Å². The van der Waals surface area contributed by atoms with Gasteiger partial charge in [0, 0.05) is 12.6 Å². The summed E-state index contributed by atoms with van der Waals surface area (Å²) < 4.78 is 27.4. The summed E-state index contributed by atoms with van der Waals surface area (Å²) in [5, 5.41) is 3.25. The first-order valence-electron chi connectivity index (χ1n) is 7.49. The van der Waals surface area contributed by atoms with Crippen molar-refractivity contribution in [3.8, 4) is 0 Å². The molecule has 1 aromatic carbocycles. The van der Waals surface area contributed by atoms with Crippen molar-refractivity contribution < 1.29 is 8.42 Å². The standard InChI is InChI=1S/C15H25N3O2S/c1-18(2)12-6-5-11-16-14-7-3-4-8-15(14)21(19,20)17-13-9-10-13/h3-4,7-8,13,16-17H,5-6,9-12H2,1-2H3. The minimum atomic E-state index is -3.40. The molecule has 0 heterocycles. The molecule has 0 atom stereocenters.